The predicted molar refractivity (Wildman–Crippen MR) is 45.4 cm³/mol. The zero-order chi connectivity index (χ0) is 8.44. The summed E-state index contributed by atoms with van der Waals surface area (Å²) >= 11 is 1.52. The molecule has 2 rings (SSSR count). The second kappa shape index (κ2) is 2.73. The van der Waals surface area contributed by atoms with E-state index in [0.717, 1.165) is 11.2 Å². The second-order valence-corrected chi connectivity index (χ2v) is 3.43. The van der Waals surface area contributed by atoms with Gasteiger partial charge in [-0.1, -0.05) is 6.07 Å². The van der Waals surface area contributed by atoms with Crippen molar-refractivity contribution in [3.63, 3.8) is 0 Å². The molecule has 0 saturated heterocycles. The molecule has 0 bridgehead atoms. The molecule has 1 aromatic heterocycles. The van der Waals surface area contributed by atoms with E-state index in [4.69, 9.17) is 4.84 Å². The minimum Gasteiger partial charge on any atom is -0.415 e. The van der Waals surface area contributed by atoms with Gasteiger partial charge in [0.15, 0.2) is 11.8 Å². The fourth-order valence-corrected chi connectivity index (χ4v) is 1.89. The molecule has 4 heteroatoms. The van der Waals surface area contributed by atoms with Gasteiger partial charge in [-0.2, -0.15) is 0 Å². The Balaban J connectivity index is 2.41. The molecular weight excluding hydrogens is 174 g/mol. The second-order valence-electron chi connectivity index (χ2n) is 2.49. The van der Waals surface area contributed by atoms with Gasteiger partial charge in [0.2, 0.25) is 0 Å². The minimum atomic E-state index is -0.756. The molecule has 0 aliphatic carbocycles. The molecule has 0 amide bonds. The van der Waals surface area contributed by atoms with Gasteiger partial charge < -0.3 is 9.63 Å². The standard InChI is InChI=1S/C8H7NO2S/c10-6-8(3-4-11-9-8)7-2-1-5-12-7/h1-6,9H. The zero-order valence-corrected chi connectivity index (χ0v) is 7.01. The first kappa shape index (κ1) is 7.52. The number of rotatable bonds is 2. The Bertz CT molecular complexity index is 307. The van der Waals surface area contributed by atoms with Gasteiger partial charge in [0, 0.05) is 4.88 Å². The van der Waals surface area contributed by atoms with Crippen LogP contribution in [-0.2, 0) is 15.2 Å². The lowest BCUT2D eigenvalue weighted by atomic mass is 10.0. The number of thiophene rings is 1. The van der Waals surface area contributed by atoms with E-state index >= 15 is 0 Å². The van der Waals surface area contributed by atoms with Crippen molar-refractivity contribution in [3.8, 4) is 0 Å². The Hall–Kier alpha value is -1.13. The van der Waals surface area contributed by atoms with Gasteiger partial charge >= 0.3 is 0 Å². The Morgan fingerprint density at radius 3 is 3.08 bits per heavy atom. The summed E-state index contributed by atoms with van der Waals surface area (Å²) in [5.41, 5.74) is 1.90. The van der Waals surface area contributed by atoms with Crippen molar-refractivity contribution in [3.05, 3.63) is 34.7 Å². The maximum Gasteiger partial charge on any atom is 0.164 e. The molecule has 0 radical (unpaired) electrons. The van der Waals surface area contributed by atoms with Gasteiger partial charge in [-0.3, -0.25) is 0 Å². The third kappa shape index (κ3) is 0.964. The third-order valence-electron chi connectivity index (χ3n) is 1.74. The summed E-state index contributed by atoms with van der Waals surface area (Å²) in [4.78, 5) is 16.6. The first-order chi connectivity index (χ1) is 5.87. The van der Waals surface area contributed by atoms with Gasteiger partial charge in [-0.15, -0.1) is 16.8 Å². The smallest absolute Gasteiger partial charge is 0.164 e. The van der Waals surface area contributed by atoms with E-state index in [1.54, 1.807) is 6.08 Å². The lowest BCUT2D eigenvalue weighted by molar-refractivity contribution is -0.114. The molecule has 0 spiro atoms. The normalized spacial score (nSPS) is 27.0. The summed E-state index contributed by atoms with van der Waals surface area (Å²) in [6.07, 6.45) is 4.02. The molecule has 1 unspecified atom stereocenters. The summed E-state index contributed by atoms with van der Waals surface area (Å²) in [5.74, 6) is 0. The summed E-state index contributed by atoms with van der Waals surface area (Å²) in [6, 6.07) is 3.80. The van der Waals surface area contributed by atoms with Crippen molar-refractivity contribution in [1.29, 1.82) is 0 Å². The highest BCUT2D eigenvalue weighted by atomic mass is 32.1. The molecule has 62 valence electrons. The van der Waals surface area contributed by atoms with Crippen LogP contribution in [0.25, 0.3) is 0 Å². The number of carbonyl (C=O) groups is 1. The summed E-state index contributed by atoms with van der Waals surface area (Å²) < 4.78 is 0. The van der Waals surface area contributed by atoms with E-state index in [1.807, 2.05) is 17.5 Å². The highest BCUT2D eigenvalue weighted by molar-refractivity contribution is 7.10. The molecular formula is C8H7NO2S. The van der Waals surface area contributed by atoms with Crippen molar-refractivity contribution >= 4 is 17.6 Å². The Labute approximate surface area is 73.6 Å². The third-order valence-corrected chi connectivity index (χ3v) is 2.76. The Morgan fingerprint density at radius 1 is 1.67 bits per heavy atom. The highest BCUT2D eigenvalue weighted by Crippen LogP contribution is 2.27. The topological polar surface area (TPSA) is 38.3 Å². The molecule has 3 nitrogen and oxygen atoms in total. The monoisotopic (exact) mass is 181 g/mol. The average molecular weight is 181 g/mol. The Kier molecular flexibility index (Phi) is 1.71. The van der Waals surface area contributed by atoms with Crippen LogP contribution in [0, 0.1) is 0 Å². The fourth-order valence-electron chi connectivity index (χ4n) is 1.07. The van der Waals surface area contributed by atoms with Gasteiger partial charge in [0.05, 0.1) is 0 Å². The molecule has 1 aliphatic rings. The molecule has 2 heterocycles. The van der Waals surface area contributed by atoms with Gasteiger partial charge in [-0.25, -0.2) is 0 Å². The van der Waals surface area contributed by atoms with Crippen LogP contribution in [0.3, 0.4) is 0 Å². The van der Waals surface area contributed by atoms with Crippen LogP contribution in [0.5, 0.6) is 0 Å². The van der Waals surface area contributed by atoms with E-state index in [0.29, 0.717) is 0 Å². The van der Waals surface area contributed by atoms with Crippen molar-refractivity contribution in [2.24, 2.45) is 0 Å². The van der Waals surface area contributed by atoms with E-state index in [2.05, 4.69) is 5.48 Å². The molecule has 1 atom stereocenters. The van der Waals surface area contributed by atoms with E-state index < -0.39 is 5.54 Å². The number of nitrogens with one attached hydrogen (secondary N) is 1. The van der Waals surface area contributed by atoms with E-state index in [-0.39, 0.29) is 0 Å². The maximum atomic E-state index is 10.8. The summed E-state index contributed by atoms with van der Waals surface area (Å²) in [7, 11) is 0. The number of aldehydes is 1. The van der Waals surface area contributed by atoms with E-state index in [1.165, 1.54) is 17.6 Å². The first-order valence-corrected chi connectivity index (χ1v) is 4.36. The fraction of sp³-hybridized carbons (Fsp3) is 0.125. The van der Waals surface area contributed by atoms with Crippen LogP contribution < -0.4 is 5.48 Å². The van der Waals surface area contributed by atoms with Crippen LogP contribution in [0.4, 0.5) is 0 Å². The maximum absolute atomic E-state index is 10.8. The molecule has 1 aliphatic heterocycles. The van der Waals surface area contributed by atoms with Crippen LogP contribution in [0.2, 0.25) is 0 Å². The predicted octanol–water partition coefficient (Wildman–Crippen LogP) is 1.19. The molecule has 1 N–H and O–H groups in total. The lowest BCUT2D eigenvalue weighted by Crippen LogP contribution is -2.36. The molecule has 12 heavy (non-hydrogen) atoms. The zero-order valence-electron chi connectivity index (χ0n) is 6.19. The number of carbonyl (C=O) groups excluding carboxylic acids is 1. The SMILES string of the molecule is O=CC1(c2cccs2)C=CON1. The van der Waals surface area contributed by atoms with Crippen molar-refractivity contribution in [2.75, 3.05) is 0 Å². The molecule has 0 saturated carbocycles. The number of hydrogen-bond donors (Lipinski definition) is 1. The average Bonchev–Trinajstić information content (AvgIpc) is 2.76. The Morgan fingerprint density at radius 2 is 2.58 bits per heavy atom. The highest BCUT2D eigenvalue weighted by Gasteiger charge is 2.34. The van der Waals surface area contributed by atoms with E-state index in [9.17, 15) is 4.79 Å². The van der Waals surface area contributed by atoms with Crippen molar-refractivity contribution in [2.45, 2.75) is 5.54 Å². The summed E-state index contributed by atoms with van der Waals surface area (Å²) in [5, 5.41) is 1.93. The van der Waals surface area contributed by atoms with Crippen LogP contribution in [-0.4, -0.2) is 6.29 Å². The van der Waals surface area contributed by atoms with Gasteiger partial charge in [0.1, 0.15) is 6.26 Å². The van der Waals surface area contributed by atoms with Gasteiger partial charge in [0.25, 0.3) is 0 Å². The van der Waals surface area contributed by atoms with Gasteiger partial charge in [-0.05, 0) is 17.5 Å². The van der Waals surface area contributed by atoms with Crippen LogP contribution in [0.1, 0.15) is 4.88 Å². The van der Waals surface area contributed by atoms with Crippen molar-refractivity contribution in [1.82, 2.24) is 5.48 Å². The number of hydroxylamine groups is 1. The summed E-state index contributed by atoms with van der Waals surface area (Å²) in [6.45, 7) is 0. The lowest BCUT2D eigenvalue weighted by Gasteiger charge is -2.16. The first-order valence-electron chi connectivity index (χ1n) is 3.48. The molecule has 0 fully saturated rings. The quantitative estimate of drug-likeness (QED) is 0.696. The van der Waals surface area contributed by atoms with Crippen LogP contribution in [0.15, 0.2) is 29.9 Å². The minimum absolute atomic E-state index is 0.756. The molecule has 1 aromatic rings. The van der Waals surface area contributed by atoms with Crippen molar-refractivity contribution < 1.29 is 9.63 Å². The number of hydrogen-bond acceptors (Lipinski definition) is 4. The largest absolute Gasteiger partial charge is 0.415 e. The molecule has 0 aromatic carbocycles. The van der Waals surface area contributed by atoms with Crippen LogP contribution >= 0.6 is 11.3 Å².